The molecule has 2 unspecified atom stereocenters. The Labute approximate surface area is 136 Å². The quantitative estimate of drug-likeness (QED) is 0.901. The Balaban J connectivity index is 1.77. The van der Waals surface area contributed by atoms with Crippen LogP contribution < -0.4 is 0 Å². The molecule has 2 bridgehead atoms. The monoisotopic (exact) mass is 347 g/mol. The molecule has 2 saturated heterocycles. The fraction of sp³-hybridized carbons (Fsp3) is 0.571. The van der Waals surface area contributed by atoms with E-state index < -0.39 is 5.97 Å². The number of piperidine rings is 1. The molecule has 114 valence electrons. The number of carboxylic acids is 1. The first-order valence-corrected chi connectivity index (χ1v) is 8.52. The molecule has 3 heterocycles. The molecule has 0 aromatic carbocycles. The minimum Gasteiger partial charge on any atom is -0.481 e. The van der Waals surface area contributed by atoms with Crippen LogP contribution in [0.4, 0.5) is 0 Å². The SMILES string of the molecule is O=C(O)CC1CC2CCC(C1)N2C(=O)c1cc(Cl)sc1Cl. The molecule has 2 aliphatic rings. The predicted molar refractivity (Wildman–Crippen MR) is 82.3 cm³/mol. The molecular formula is C14H15Cl2NO3S. The highest BCUT2D eigenvalue weighted by atomic mass is 35.5. The van der Waals surface area contributed by atoms with Crippen molar-refractivity contribution in [3.05, 3.63) is 20.3 Å². The first-order valence-electron chi connectivity index (χ1n) is 6.95. The standard InChI is InChI=1S/C14H15Cl2NO3S/c15-11-6-10(13(16)21-11)14(20)17-8-1-2-9(17)4-7(3-8)5-12(18)19/h6-9H,1-5H2,(H,18,19). The molecule has 0 saturated carbocycles. The number of halogens is 2. The molecule has 1 aromatic rings. The molecule has 1 aromatic heterocycles. The number of hydrogen-bond acceptors (Lipinski definition) is 3. The van der Waals surface area contributed by atoms with E-state index in [1.54, 1.807) is 6.07 Å². The zero-order chi connectivity index (χ0) is 15.1. The molecular weight excluding hydrogens is 333 g/mol. The van der Waals surface area contributed by atoms with E-state index in [0.717, 1.165) is 25.7 Å². The molecule has 7 heteroatoms. The Morgan fingerprint density at radius 3 is 2.38 bits per heavy atom. The fourth-order valence-electron chi connectivity index (χ4n) is 3.66. The molecule has 2 fully saturated rings. The topological polar surface area (TPSA) is 57.6 Å². The van der Waals surface area contributed by atoms with Gasteiger partial charge in [-0.2, -0.15) is 0 Å². The Hall–Kier alpha value is -0.780. The number of fused-ring (bicyclic) bond motifs is 2. The van der Waals surface area contributed by atoms with Crippen LogP contribution in [0.1, 0.15) is 42.5 Å². The number of carbonyl (C=O) groups is 2. The molecule has 0 aliphatic carbocycles. The molecule has 21 heavy (non-hydrogen) atoms. The lowest BCUT2D eigenvalue weighted by molar-refractivity contribution is -0.138. The lowest BCUT2D eigenvalue weighted by Crippen LogP contribution is -2.46. The number of aliphatic carboxylic acids is 1. The number of hydrogen-bond donors (Lipinski definition) is 1. The minimum absolute atomic E-state index is 0.0653. The summed E-state index contributed by atoms with van der Waals surface area (Å²) in [5.41, 5.74) is 0.472. The zero-order valence-electron chi connectivity index (χ0n) is 11.2. The van der Waals surface area contributed by atoms with Crippen LogP contribution in [0.3, 0.4) is 0 Å². The summed E-state index contributed by atoms with van der Waals surface area (Å²) < 4.78 is 0.938. The molecule has 2 atom stereocenters. The van der Waals surface area contributed by atoms with Crippen LogP contribution >= 0.6 is 34.5 Å². The molecule has 1 N–H and O–H groups in total. The summed E-state index contributed by atoms with van der Waals surface area (Å²) in [7, 11) is 0. The highest BCUT2D eigenvalue weighted by Crippen LogP contribution is 2.42. The van der Waals surface area contributed by atoms with E-state index in [2.05, 4.69) is 0 Å². The van der Waals surface area contributed by atoms with Gasteiger partial charge in [-0.15, -0.1) is 11.3 Å². The number of rotatable bonds is 3. The van der Waals surface area contributed by atoms with Crippen LogP contribution in [0.5, 0.6) is 0 Å². The lowest BCUT2D eigenvalue weighted by Gasteiger charge is -2.38. The van der Waals surface area contributed by atoms with Gasteiger partial charge in [0.2, 0.25) is 0 Å². The maximum Gasteiger partial charge on any atom is 0.303 e. The maximum atomic E-state index is 12.7. The molecule has 4 nitrogen and oxygen atoms in total. The second-order valence-electron chi connectivity index (χ2n) is 5.77. The van der Waals surface area contributed by atoms with E-state index >= 15 is 0 Å². The summed E-state index contributed by atoms with van der Waals surface area (Å²) in [4.78, 5) is 25.5. The van der Waals surface area contributed by atoms with Gasteiger partial charge in [0.05, 0.1) is 9.90 Å². The van der Waals surface area contributed by atoms with Gasteiger partial charge in [0.1, 0.15) is 4.34 Å². The zero-order valence-corrected chi connectivity index (χ0v) is 13.5. The van der Waals surface area contributed by atoms with Crippen LogP contribution in [0.15, 0.2) is 6.07 Å². The van der Waals surface area contributed by atoms with E-state index in [4.69, 9.17) is 28.3 Å². The molecule has 0 radical (unpaired) electrons. The number of carbonyl (C=O) groups excluding carboxylic acids is 1. The normalized spacial score (nSPS) is 27.9. The van der Waals surface area contributed by atoms with Gasteiger partial charge in [0, 0.05) is 18.5 Å². The summed E-state index contributed by atoms with van der Waals surface area (Å²) in [6.45, 7) is 0. The smallest absolute Gasteiger partial charge is 0.303 e. The fourth-order valence-corrected chi connectivity index (χ4v) is 5.11. The van der Waals surface area contributed by atoms with Crippen molar-refractivity contribution in [2.75, 3.05) is 0 Å². The van der Waals surface area contributed by atoms with E-state index in [0.29, 0.717) is 14.2 Å². The van der Waals surface area contributed by atoms with Crippen molar-refractivity contribution in [3.8, 4) is 0 Å². The van der Waals surface area contributed by atoms with Crippen molar-refractivity contribution in [1.82, 2.24) is 4.90 Å². The first-order chi connectivity index (χ1) is 9.95. The Bertz CT molecular complexity index is 575. The van der Waals surface area contributed by atoms with Gasteiger partial charge < -0.3 is 10.0 Å². The average molecular weight is 348 g/mol. The first kappa shape index (κ1) is 15.1. The summed E-state index contributed by atoms with van der Waals surface area (Å²) in [5, 5.41) is 8.94. The molecule has 3 rings (SSSR count). The highest BCUT2D eigenvalue weighted by Gasteiger charge is 2.44. The van der Waals surface area contributed by atoms with Gasteiger partial charge in [0.15, 0.2) is 0 Å². The Morgan fingerprint density at radius 2 is 1.90 bits per heavy atom. The van der Waals surface area contributed by atoms with Crippen molar-refractivity contribution >= 4 is 46.4 Å². The van der Waals surface area contributed by atoms with Crippen LogP contribution in [0.25, 0.3) is 0 Å². The summed E-state index contributed by atoms with van der Waals surface area (Å²) >= 11 is 13.2. The average Bonchev–Trinajstić information content (AvgIpc) is 2.85. The summed E-state index contributed by atoms with van der Waals surface area (Å²) in [5.74, 6) is -0.651. The minimum atomic E-state index is -0.758. The number of thiophene rings is 1. The van der Waals surface area contributed by atoms with Crippen molar-refractivity contribution in [2.45, 2.75) is 44.2 Å². The highest BCUT2D eigenvalue weighted by molar-refractivity contribution is 7.20. The van der Waals surface area contributed by atoms with Gasteiger partial charge in [0.25, 0.3) is 5.91 Å². The van der Waals surface area contributed by atoms with Crippen molar-refractivity contribution < 1.29 is 14.7 Å². The largest absolute Gasteiger partial charge is 0.481 e. The summed E-state index contributed by atoms with van der Waals surface area (Å²) in [6.07, 6.45) is 3.62. The van der Waals surface area contributed by atoms with Crippen molar-refractivity contribution in [1.29, 1.82) is 0 Å². The lowest BCUT2D eigenvalue weighted by atomic mass is 9.88. The number of nitrogens with zero attached hydrogens (tertiary/aromatic N) is 1. The number of carboxylic acid groups (broad SMARTS) is 1. The van der Waals surface area contributed by atoms with Gasteiger partial charge in [-0.3, -0.25) is 9.59 Å². The van der Waals surface area contributed by atoms with Crippen LogP contribution in [0, 0.1) is 5.92 Å². The van der Waals surface area contributed by atoms with E-state index in [1.807, 2.05) is 4.90 Å². The third kappa shape index (κ3) is 2.91. The Morgan fingerprint density at radius 1 is 1.29 bits per heavy atom. The maximum absolute atomic E-state index is 12.7. The van der Waals surface area contributed by atoms with E-state index in [1.165, 1.54) is 11.3 Å². The van der Waals surface area contributed by atoms with Gasteiger partial charge >= 0.3 is 5.97 Å². The van der Waals surface area contributed by atoms with Crippen LogP contribution in [-0.4, -0.2) is 34.0 Å². The van der Waals surface area contributed by atoms with Crippen molar-refractivity contribution in [3.63, 3.8) is 0 Å². The van der Waals surface area contributed by atoms with Gasteiger partial charge in [-0.1, -0.05) is 23.2 Å². The second kappa shape index (κ2) is 5.78. The summed E-state index contributed by atoms with van der Waals surface area (Å²) in [6, 6.07) is 1.89. The van der Waals surface area contributed by atoms with E-state index in [-0.39, 0.29) is 30.3 Å². The molecule has 2 aliphatic heterocycles. The van der Waals surface area contributed by atoms with E-state index in [9.17, 15) is 9.59 Å². The Kier molecular flexibility index (Phi) is 4.17. The third-order valence-electron chi connectivity index (χ3n) is 4.42. The third-order valence-corrected chi connectivity index (χ3v) is 5.90. The van der Waals surface area contributed by atoms with Gasteiger partial charge in [-0.25, -0.2) is 0 Å². The number of amides is 1. The van der Waals surface area contributed by atoms with Crippen LogP contribution in [0.2, 0.25) is 8.67 Å². The van der Waals surface area contributed by atoms with Crippen LogP contribution in [-0.2, 0) is 4.79 Å². The van der Waals surface area contributed by atoms with Gasteiger partial charge in [-0.05, 0) is 37.7 Å². The second-order valence-corrected chi connectivity index (χ2v) is 8.06. The molecule has 0 spiro atoms. The predicted octanol–water partition coefficient (Wildman–Crippen LogP) is 3.91. The van der Waals surface area contributed by atoms with Crippen molar-refractivity contribution in [2.24, 2.45) is 5.92 Å². The molecule has 1 amide bonds.